The molecule has 1 N–H and O–H groups in total. The predicted molar refractivity (Wildman–Crippen MR) is 81.8 cm³/mol. The van der Waals surface area contributed by atoms with E-state index in [0.717, 1.165) is 29.1 Å². The summed E-state index contributed by atoms with van der Waals surface area (Å²) in [4.78, 5) is 8.67. The maximum Gasteiger partial charge on any atom is 0.237 e. The minimum absolute atomic E-state index is 0.0664. The second-order valence-corrected chi connectivity index (χ2v) is 4.67. The molecule has 0 aliphatic heterocycles. The molecule has 0 aliphatic carbocycles. The fourth-order valence-corrected chi connectivity index (χ4v) is 2.35. The zero-order valence-electron chi connectivity index (χ0n) is 12.9. The van der Waals surface area contributed by atoms with Crippen molar-refractivity contribution in [2.24, 2.45) is 0 Å². The van der Waals surface area contributed by atoms with Crippen LogP contribution in [0.25, 0.3) is 0 Å². The fourth-order valence-electron chi connectivity index (χ4n) is 2.35. The van der Waals surface area contributed by atoms with Gasteiger partial charge < -0.3 is 14.8 Å². The number of aryl methyl sites for hydroxylation is 1. The van der Waals surface area contributed by atoms with Gasteiger partial charge in [0, 0.05) is 12.4 Å². The van der Waals surface area contributed by atoms with Crippen LogP contribution in [0.2, 0.25) is 0 Å². The van der Waals surface area contributed by atoms with Gasteiger partial charge in [-0.15, -0.1) is 0 Å². The van der Waals surface area contributed by atoms with Gasteiger partial charge in [-0.2, -0.15) is 0 Å². The molecule has 21 heavy (non-hydrogen) atoms. The molecule has 1 atom stereocenters. The Bertz CT molecular complexity index is 602. The van der Waals surface area contributed by atoms with E-state index in [9.17, 15) is 0 Å². The summed E-state index contributed by atoms with van der Waals surface area (Å²) < 4.78 is 10.6. The van der Waals surface area contributed by atoms with E-state index in [1.807, 2.05) is 19.1 Å². The van der Waals surface area contributed by atoms with Crippen molar-refractivity contribution in [1.29, 1.82) is 0 Å². The van der Waals surface area contributed by atoms with Crippen molar-refractivity contribution in [2.75, 3.05) is 20.8 Å². The summed E-state index contributed by atoms with van der Waals surface area (Å²) >= 11 is 0. The zero-order valence-corrected chi connectivity index (χ0v) is 12.9. The first-order valence-corrected chi connectivity index (χ1v) is 6.94. The van der Waals surface area contributed by atoms with Gasteiger partial charge in [-0.3, -0.25) is 4.98 Å². The highest BCUT2D eigenvalue weighted by atomic mass is 16.5. The molecule has 5 nitrogen and oxygen atoms in total. The van der Waals surface area contributed by atoms with Crippen LogP contribution in [-0.4, -0.2) is 30.7 Å². The van der Waals surface area contributed by atoms with Crippen LogP contribution in [0.15, 0.2) is 30.6 Å². The average molecular weight is 287 g/mol. The van der Waals surface area contributed by atoms with Crippen molar-refractivity contribution >= 4 is 0 Å². The van der Waals surface area contributed by atoms with Crippen molar-refractivity contribution in [1.82, 2.24) is 15.3 Å². The first-order valence-electron chi connectivity index (χ1n) is 6.94. The number of hydrogen-bond donors (Lipinski definition) is 1. The molecule has 112 valence electrons. The van der Waals surface area contributed by atoms with Gasteiger partial charge in [0.1, 0.15) is 11.4 Å². The van der Waals surface area contributed by atoms with E-state index in [1.165, 1.54) is 0 Å². The summed E-state index contributed by atoms with van der Waals surface area (Å²) in [6, 6.07) is 6.04. The number of ether oxygens (including phenoxy) is 2. The van der Waals surface area contributed by atoms with E-state index < -0.39 is 0 Å². The topological polar surface area (TPSA) is 56.3 Å². The van der Waals surface area contributed by atoms with E-state index in [-0.39, 0.29) is 6.04 Å². The lowest BCUT2D eigenvalue weighted by Gasteiger charge is -2.20. The van der Waals surface area contributed by atoms with E-state index in [0.29, 0.717) is 5.88 Å². The van der Waals surface area contributed by atoms with Crippen LogP contribution in [0.4, 0.5) is 0 Å². The molecule has 0 saturated heterocycles. The summed E-state index contributed by atoms with van der Waals surface area (Å²) in [6.45, 7) is 4.90. The quantitative estimate of drug-likeness (QED) is 0.884. The van der Waals surface area contributed by atoms with Gasteiger partial charge in [0.05, 0.1) is 20.3 Å². The van der Waals surface area contributed by atoms with Crippen LogP contribution >= 0.6 is 0 Å². The van der Waals surface area contributed by atoms with Crippen LogP contribution in [0.1, 0.15) is 29.8 Å². The Balaban J connectivity index is 2.45. The smallest absolute Gasteiger partial charge is 0.237 e. The van der Waals surface area contributed by atoms with E-state index >= 15 is 0 Å². The standard InChI is InChI=1S/C16H21N3O2/c1-5-17-14(15-16(21-4)19-9-8-18-15)12-6-7-13(20-3)11(2)10-12/h6-10,14,17H,5H2,1-4H3. The summed E-state index contributed by atoms with van der Waals surface area (Å²) in [5.41, 5.74) is 2.97. The Morgan fingerprint density at radius 3 is 2.52 bits per heavy atom. The van der Waals surface area contributed by atoms with E-state index in [2.05, 4.69) is 28.3 Å². The van der Waals surface area contributed by atoms with Crippen molar-refractivity contribution in [3.8, 4) is 11.6 Å². The first-order chi connectivity index (χ1) is 10.2. The van der Waals surface area contributed by atoms with E-state index in [1.54, 1.807) is 26.6 Å². The maximum atomic E-state index is 5.33. The monoisotopic (exact) mass is 287 g/mol. The normalized spacial score (nSPS) is 12.0. The number of rotatable bonds is 6. The molecular formula is C16H21N3O2. The van der Waals surface area contributed by atoms with Crippen molar-refractivity contribution in [2.45, 2.75) is 19.9 Å². The molecule has 0 saturated carbocycles. The Morgan fingerprint density at radius 1 is 1.14 bits per heavy atom. The summed E-state index contributed by atoms with van der Waals surface area (Å²) in [7, 11) is 3.28. The molecular weight excluding hydrogens is 266 g/mol. The minimum atomic E-state index is -0.0664. The molecule has 0 aliphatic rings. The lowest BCUT2D eigenvalue weighted by atomic mass is 10.0. The summed E-state index contributed by atoms with van der Waals surface area (Å²) in [5.74, 6) is 1.41. The molecule has 1 aromatic carbocycles. The molecule has 0 radical (unpaired) electrons. The van der Waals surface area contributed by atoms with Crippen LogP contribution < -0.4 is 14.8 Å². The third-order valence-corrected chi connectivity index (χ3v) is 3.32. The Kier molecular flexibility index (Phi) is 5.11. The van der Waals surface area contributed by atoms with Gasteiger partial charge in [-0.1, -0.05) is 19.1 Å². The minimum Gasteiger partial charge on any atom is -0.496 e. The average Bonchev–Trinajstić information content (AvgIpc) is 2.52. The van der Waals surface area contributed by atoms with Crippen LogP contribution in [-0.2, 0) is 0 Å². The third-order valence-electron chi connectivity index (χ3n) is 3.32. The molecule has 0 spiro atoms. The summed E-state index contributed by atoms with van der Waals surface area (Å²) in [6.07, 6.45) is 3.31. The predicted octanol–water partition coefficient (Wildman–Crippen LogP) is 2.50. The van der Waals surface area contributed by atoms with Gasteiger partial charge in [0.2, 0.25) is 5.88 Å². The Morgan fingerprint density at radius 2 is 1.90 bits per heavy atom. The molecule has 1 unspecified atom stereocenters. The lowest BCUT2D eigenvalue weighted by molar-refractivity contribution is 0.383. The molecule has 1 heterocycles. The van der Waals surface area contributed by atoms with Gasteiger partial charge in [-0.05, 0) is 30.7 Å². The Hall–Kier alpha value is -2.14. The van der Waals surface area contributed by atoms with Crippen molar-refractivity contribution < 1.29 is 9.47 Å². The molecule has 2 aromatic rings. The molecule has 0 bridgehead atoms. The maximum absolute atomic E-state index is 5.33. The highest BCUT2D eigenvalue weighted by Gasteiger charge is 2.20. The molecule has 5 heteroatoms. The SMILES string of the molecule is CCNC(c1ccc(OC)c(C)c1)c1nccnc1OC. The number of aromatic nitrogens is 2. The third kappa shape index (κ3) is 3.31. The van der Waals surface area contributed by atoms with Gasteiger partial charge in [0.25, 0.3) is 0 Å². The zero-order chi connectivity index (χ0) is 15.2. The number of benzene rings is 1. The second-order valence-electron chi connectivity index (χ2n) is 4.67. The molecule has 0 amide bonds. The van der Waals surface area contributed by atoms with Gasteiger partial charge in [0.15, 0.2) is 0 Å². The van der Waals surface area contributed by atoms with Crippen LogP contribution in [0, 0.1) is 6.92 Å². The second kappa shape index (κ2) is 7.04. The molecule has 1 aromatic heterocycles. The molecule has 2 rings (SSSR count). The Labute approximate surface area is 125 Å². The largest absolute Gasteiger partial charge is 0.496 e. The number of hydrogen-bond acceptors (Lipinski definition) is 5. The van der Waals surface area contributed by atoms with Gasteiger partial charge in [-0.25, -0.2) is 4.98 Å². The van der Waals surface area contributed by atoms with Crippen molar-refractivity contribution in [3.05, 3.63) is 47.4 Å². The van der Waals surface area contributed by atoms with Crippen LogP contribution in [0.3, 0.4) is 0 Å². The highest BCUT2D eigenvalue weighted by molar-refractivity contribution is 5.41. The first kappa shape index (κ1) is 15.3. The summed E-state index contributed by atoms with van der Waals surface area (Å²) in [5, 5.41) is 3.43. The van der Waals surface area contributed by atoms with Crippen molar-refractivity contribution in [3.63, 3.8) is 0 Å². The number of nitrogens with zero attached hydrogens (tertiary/aromatic N) is 2. The lowest BCUT2D eigenvalue weighted by Crippen LogP contribution is -2.24. The molecule has 0 fully saturated rings. The fraction of sp³-hybridized carbons (Fsp3) is 0.375. The van der Waals surface area contributed by atoms with Gasteiger partial charge >= 0.3 is 0 Å². The number of methoxy groups -OCH3 is 2. The van der Waals surface area contributed by atoms with Crippen LogP contribution in [0.5, 0.6) is 11.6 Å². The number of nitrogens with one attached hydrogen (secondary N) is 1. The van der Waals surface area contributed by atoms with E-state index in [4.69, 9.17) is 9.47 Å². The highest BCUT2D eigenvalue weighted by Crippen LogP contribution is 2.29.